The number of hydrogen-bond donors (Lipinski definition) is 1. The summed E-state index contributed by atoms with van der Waals surface area (Å²) in [6.07, 6.45) is 0.878. The summed E-state index contributed by atoms with van der Waals surface area (Å²) in [6.45, 7) is 0.560. The quantitative estimate of drug-likeness (QED) is 0.433. The Bertz CT molecular complexity index is 1180. The zero-order chi connectivity index (χ0) is 21.5. The molecule has 1 saturated heterocycles. The standard InChI is InChI=1S/C17H14Cl3N3O3S4/c18-12-1-2-14(28-12)30(25,26)23-5-3-9(4-6-23)16(24)22-17-21-11(8-27-17)10-7-13(19)29-15(10)20/h1-2,7-9H,3-6H2,(H,21,22,24). The lowest BCUT2D eigenvalue weighted by Gasteiger charge is -2.29. The van der Waals surface area contributed by atoms with Gasteiger partial charge in [0, 0.05) is 30.0 Å². The molecule has 0 aliphatic carbocycles. The van der Waals surface area contributed by atoms with E-state index in [-0.39, 0.29) is 29.1 Å². The van der Waals surface area contributed by atoms with Crippen LogP contribution in [0.5, 0.6) is 0 Å². The summed E-state index contributed by atoms with van der Waals surface area (Å²) in [7, 11) is -3.58. The Morgan fingerprint density at radius 3 is 2.47 bits per heavy atom. The van der Waals surface area contributed by atoms with Crippen LogP contribution in [0, 0.1) is 5.92 Å². The van der Waals surface area contributed by atoms with Gasteiger partial charge in [0.1, 0.15) is 8.55 Å². The van der Waals surface area contributed by atoms with E-state index >= 15 is 0 Å². The molecule has 30 heavy (non-hydrogen) atoms. The highest BCUT2D eigenvalue weighted by Gasteiger charge is 2.33. The highest BCUT2D eigenvalue weighted by atomic mass is 35.5. The SMILES string of the molecule is O=C(Nc1nc(-c2cc(Cl)sc2Cl)cs1)C1CCN(S(=O)(=O)c2ccc(Cl)s2)CC1. The van der Waals surface area contributed by atoms with Crippen molar-refractivity contribution in [3.05, 3.63) is 36.6 Å². The third-order valence-electron chi connectivity index (χ3n) is 4.63. The molecule has 1 fully saturated rings. The molecule has 0 saturated carbocycles. The van der Waals surface area contributed by atoms with Gasteiger partial charge in [-0.15, -0.1) is 34.0 Å². The van der Waals surface area contributed by atoms with Gasteiger partial charge in [-0.1, -0.05) is 34.8 Å². The van der Waals surface area contributed by atoms with E-state index in [4.69, 9.17) is 34.8 Å². The summed E-state index contributed by atoms with van der Waals surface area (Å²) in [5.74, 6) is -0.448. The smallest absolute Gasteiger partial charge is 0.252 e. The van der Waals surface area contributed by atoms with Crippen molar-refractivity contribution in [2.45, 2.75) is 17.1 Å². The van der Waals surface area contributed by atoms with Crippen LogP contribution in [0.4, 0.5) is 5.13 Å². The number of carbonyl (C=O) groups is 1. The van der Waals surface area contributed by atoms with Crippen LogP contribution >= 0.6 is 68.8 Å². The van der Waals surface area contributed by atoms with Gasteiger partial charge < -0.3 is 5.32 Å². The topological polar surface area (TPSA) is 79.4 Å². The number of halogens is 3. The van der Waals surface area contributed by atoms with Crippen molar-refractivity contribution in [2.75, 3.05) is 18.4 Å². The van der Waals surface area contributed by atoms with E-state index in [0.29, 0.717) is 36.7 Å². The minimum atomic E-state index is -3.58. The number of thiazole rings is 1. The number of sulfonamides is 1. The van der Waals surface area contributed by atoms with Crippen molar-refractivity contribution in [1.29, 1.82) is 0 Å². The Morgan fingerprint density at radius 2 is 1.87 bits per heavy atom. The molecule has 1 aliphatic rings. The Hall–Kier alpha value is -0.720. The molecular weight excluding hydrogens is 529 g/mol. The molecule has 0 atom stereocenters. The zero-order valence-electron chi connectivity index (χ0n) is 15.1. The van der Waals surface area contributed by atoms with Gasteiger partial charge in [-0.3, -0.25) is 4.79 Å². The van der Waals surface area contributed by atoms with Crippen LogP contribution in [0.2, 0.25) is 13.0 Å². The van der Waals surface area contributed by atoms with Gasteiger partial charge in [0.2, 0.25) is 5.91 Å². The van der Waals surface area contributed by atoms with Crippen molar-refractivity contribution in [3.63, 3.8) is 0 Å². The first-order chi connectivity index (χ1) is 14.2. The second-order valence-electron chi connectivity index (χ2n) is 6.50. The Morgan fingerprint density at radius 1 is 1.13 bits per heavy atom. The molecule has 3 aromatic rings. The summed E-state index contributed by atoms with van der Waals surface area (Å²) in [5, 5.41) is 5.10. The molecule has 4 rings (SSSR count). The van der Waals surface area contributed by atoms with Crippen LogP contribution < -0.4 is 5.32 Å². The Labute approximate surface area is 200 Å². The molecule has 160 valence electrons. The van der Waals surface area contributed by atoms with Gasteiger partial charge in [-0.2, -0.15) is 4.31 Å². The van der Waals surface area contributed by atoms with Gasteiger partial charge in [0.25, 0.3) is 10.0 Å². The predicted molar refractivity (Wildman–Crippen MR) is 125 cm³/mol. The molecule has 0 aromatic carbocycles. The van der Waals surface area contributed by atoms with Crippen LogP contribution in [-0.4, -0.2) is 36.7 Å². The predicted octanol–water partition coefficient (Wildman–Crippen LogP) is 5.93. The zero-order valence-corrected chi connectivity index (χ0v) is 20.6. The largest absolute Gasteiger partial charge is 0.302 e. The molecule has 0 radical (unpaired) electrons. The summed E-state index contributed by atoms with van der Waals surface area (Å²) in [4.78, 5) is 17.1. The van der Waals surface area contributed by atoms with Crippen LogP contribution in [0.15, 0.2) is 27.8 Å². The van der Waals surface area contributed by atoms with E-state index in [9.17, 15) is 13.2 Å². The van der Waals surface area contributed by atoms with Crippen molar-refractivity contribution in [1.82, 2.24) is 9.29 Å². The fourth-order valence-corrected chi connectivity index (χ4v) is 8.40. The third-order valence-corrected chi connectivity index (χ3v) is 10.5. The number of carbonyl (C=O) groups excluding carboxylic acids is 1. The number of rotatable bonds is 5. The normalized spacial score (nSPS) is 16.1. The summed E-state index contributed by atoms with van der Waals surface area (Å²) in [6, 6.07) is 4.82. The fourth-order valence-electron chi connectivity index (χ4n) is 3.10. The molecule has 1 N–H and O–H groups in total. The van der Waals surface area contributed by atoms with Crippen molar-refractivity contribution >= 4 is 89.9 Å². The van der Waals surface area contributed by atoms with E-state index in [1.54, 1.807) is 17.5 Å². The lowest BCUT2D eigenvalue weighted by Crippen LogP contribution is -2.41. The van der Waals surface area contributed by atoms with E-state index in [2.05, 4.69) is 10.3 Å². The highest BCUT2D eigenvalue weighted by Crippen LogP contribution is 2.39. The minimum absolute atomic E-state index is 0.165. The van der Waals surface area contributed by atoms with Gasteiger partial charge in [-0.25, -0.2) is 13.4 Å². The van der Waals surface area contributed by atoms with Crippen LogP contribution in [-0.2, 0) is 14.8 Å². The van der Waals surface area contributed by atoms with Gasteiger partial charge in [0.05, 0.1) is 14.4 Å². The second-order valence-corrected chi connectivity index (χ2v) is 13.5. The Balaban J connectivity index is 1.37. The molecule has 1 aliphatic heterocycles. The lowest BCUT2D eigenvalue weighted by molar-refractivity contribution is -0.120. The highest BCUT2D eigenvalue weighted by molar-refractivity contribution is 7.91. The molecule has 0 bridgehead atoms. The molecule has 1 amide bonds. The Kier molecular flexibility index (Phi) is 6.76. The number of piperidine rings is 1. The first-order valence-corrected chi connectivity index (χ1v) is 13.8. The monoisotopic (exact) mass is 541 g/mol. The van der Waals surface area contributed by atoms with Gasteiger partial charge in [-0.05, 0) is 31.0 Å². The average Bonchev–Trinajstić information content (AvgIpc) is 3.42. The van der Waals surface area contributed by atoms with E-state index in [0.717, 1.165) is 16.9 Å². The molecule has 0 spiro atoms. The van der Waals surface area contributed by atoms with E-state index in [1.807, 2.05) is 0 Å². The number of thiophene rings is 2. The molecule has 3 aromatic heterocycles. The summed E-state index contributed by atoms with van der Waals surface area (Å²) >= 11 is 21.6. The number of amides is 1. The number of nitrogens with one attached hydrogen (secondary N) is 1. The summed E-state index contributed by atoms with van der Waals surface area (Å²) < 4.78 is 28.5. The average molecular weight is 543 g/mol. The van der Waals surface area contributed by atoms with E-state index < -0.39 is 10.0 Å². The lowest BCUT2D eigenvalue weighted by atomic mass is 9.97. The van der Waals surface area contributed by atoms with Crippen molar-refractivity contribution < 1.29 is 13.2 Å². The second kappa shape index (κ2) is 9.03. The maximum Gasteiger partial charge on any atom is 0.252 e. The maximum atomic E-state index is 12.7. The number of anilines is 1. The first-order valence-electron chi connectivity index (χ1n) is 8.71. The fraction of sp³-hybridized carbons (Fsp3) is 0.294. The van der Waals surface area contributed by atoms with E-state index in [1.165, 1.54) is 33.0 Å². The minimum Gasteiger partial charge on any atom is -0.302 e. The molecule has 0 unspecified atom stereocenters. The van der Waals surface area contributed by atoms with Gasteiger partial charge in [0.15, 0.2) is 5.13 Å². The van der Waals surface area contributed by atoms with Crippen molar-refractivity contribution in [3.8, 4) is 11.3 Å². The summed E-state index contributed by atoms with van der Waals surface area (Å²) in [5.41, 5.74) is 1.38. The first kappa shape index (κ1) is 22.5. The van der Waals surface area contributed by atoms with Gasteiger partial charge >= 0.3 is 0 Å². The van der Waals surface area contributed by atoms with Crippen LogP contribution in [0.1, 0.15) is 12.8 Å². The number of hydrogen-bond acceptors (Lipinski definition) is 7. The van der Waals surface area contributed by atoms with Crippen molar-refractivity contribution in [2.24, 2.45) is 5.92 Å². The van der Waals surface area contributed by atoms with Crippen LogP contribution in [0.25, 0.3) is 11.3 Å². The molecular formula is C17H14Cl3N3O3S4. The number of nitrogens with zero attached hydrogens (tertiary/aromatic N) is 2. The van der Waals surface area contributed by atoms with Crippen LogP contribution in [0.3, 0.4) is 0 Å². The molecule has 6 nitrogen and oxygen atoms in total. The molecule has 13 heteroatoms. The maximum absolute atomic E-state index is 12.7. The third kappa shape index (κ3) is 4.71. The molecule has 4 heterocycles. The number of aromatic nitrogens is 1.